The SMILES string of the molecule is Cn1nccc1Nc1cc(C(C)(C)C)c(O)c(C(C)(C)C)c1. The molecule has 0 saturated carbocycles. The van der Waals surface area contributed by atoms with Crippen molar-refractivity contribution < 1.29 is 5.11 Å². The van der Waals surface area contributed by atoms with Gasteiger partial charge >= 0.3 is 0 Å². The van der Waals surface area contributed by atoms with Gasteiger partial charge in [-0.25, -0.2) is 0 Å². The maximum Gasteiger partial charge on any atom is 0.128 e. The number of hydrogen-bond acceptors (Lipinski definition) is 3. The van der Waals surface area contributed by atoms with Crippen molar-refractivity contribution in [3.63, 3.8) is 0 Å². The molecule has 2 rings (SSSR count). The average Bonchev–Trinajstić information content (AvgIpc) is 2.74. The Kier molecular flexibility index (Phi) is 3.98. The third-order valence-electron chi connectivity index (χ3n) is 3.82. The summed E-state index contributed by atoms with van der Waals surface area (Å²) in [5, 5.41) is 18.3. The van der Waals surface area contributed by atoms with E-state index >= 15 is 0 Å². The summed E-state index contributed by atoms with van der Waals surface area (Å²) >= 11 is 0. The smallest absolute Gasteiger partial charge is 0.128 e. The van der Waals surface area contributed by atoms with Gasteiger partial charge in [0.2, 0.25) is 0 Å². The van der Waals surface area contributed by atoms with Gasteiger partial charge in [-0.2, -0.15) is 5.10 Å². The van der Waals surface area contributed by atoms with Gasteiger partial charge in [0.1, 0.15) is 11.6 Å². The Morgan fingerprint density at radius 3 is 1.86 bits per heavy atom. The van der Waals surface area contributed by atoms with Crippen LogP contribution in [0.3, 0.4) is 0 Å². The molecule has 1 heterocycles. The lowest BCUT2D eigenvalue weighted by atomic mass is 9.79. The van der Waals surface area contributed by atoms with Crippen LogP contribution < -0.4 is 5.32 Å². The first-order valence-corrected chi connectivity index (χ1v) is 7.63. The Morgan fingerprint density at radius 2 is 1.50 bits per heavy atom. The summed E-state index contributed by atoms with van der Waals surface area (Å²) in [6.07, 6.45) is 1.76. The Hall–Kier alpha value is -1.97. The number of anilines is 2. The van der Waals surface area contributed by atoms with E-state index in [1.165, 1.54) is 0 Å². The van der Waals surface area contributed by atoms with Crippen LogP contribution >= 0.6 is 0 Å². The van der Waals surface area contributed by atoms with E-state index in [1.54, 1.807) is 10.9 Å². The summed E-state index contributed by atoms with van der Waals surface area (Å²) in [5.41, 5.74) is 2.60. The standard InChI is InChI=1S/C18H27N3O/c1-17(2,3)13-10-12(20-15-8-9-19-21(15)7)11-14(16(13)22)18(4,5)6/h8-11,20,22H,1-7H3. The maximum absolute atomic E-state index is 10.7. The van der Waals surface area contributed by atoms with E-state index in [9.17, 15) is 5.11 Å². The molecule has 0 aliphatic heterocycles. The summed E-state index contributed by atoms with van der Waals surface area (Å²) in [6.45, 7) is 12.7. The Bertz CT molecular complexity index is 637. The van der Waals surface area contributed by atoms with Gasteiger partial charge in [0.05, 0.1) is 6.20 Å². The minimum atomic E-state index is -0.131. The molecule has 0 bridgehead atoms. The molecule has 1 aromatic carbocycles. The van der Waals surface area contributed by atoms with Crippen molar-refractivity contribution in [3.8, 4) is 5.75 Å². The van der Waals surface area contributed by atoms with Crippen molar-refractivity contribution in [1.29, 1.82) is 0 Å². The molecule has 0 amide bonds. The fourth-order valence-electron chi connectivity index (χ4n) is 2.49. The molecule has 0 radical (unpaired) electrons. The lowest BCUT2D eigenvalue weighted by Gasteiger charge is -2.28. The van der Waals surface area contributed by atoms with Crippen molar-refractivity contribution in [3.05, 3.63) is 35.5 Å². The number of rotatable bonds is 2. The molecule has 2 aromatic rings. The van der Waals surface area contributed by atoms with E-state index in [1.807, 2.05) is 25.2 Å². The molecule has 0 fully saturated rings. The number of hydrogen-bond donors (Lipinski definition) is 2. The van der Waals surface area contributed by atoms with Crippen LogP contribution in [0.25, 0.3) is 0 Å². The van der Waals surface area contributed by atoms with Crippen molar-refractivity contribution in [2.45, 2.75) is 52.4 Å². The second-order valence-corrected chi connectivity index (χ2v) is 7.89. The van der Waals surface area contributed by atoms with E-state index < -0.39 is 0 Å². The van der Waals surface area contributed by atoms with Crippen LogP contribution in [0.4, 0.5) is 11.5 Å². The zero-order chi connectivity index (χ0) is 16.7. The number of phenolic OH excluding ortho intramolecular Hbond substituents is 1. The summed E-state index contributed by atoms with van der Waals surface area (Å²) < 4.78 is 1.79. The van der Waals surface area contributed by atoms with Gasteiger partial charge in [-0.05, 0) is 23.0 Å². The lowest BCUT2D eigenvalue weighted by Crippen LogP contribution is -2.17. The molecule has 1 aromatic heterocycles. The van der Waals surface area contributed by atoms with E-state index in [2.05, 4.69) is 52.0 Å². The predicted octanol–water partition coefficient (Wildman–Crippen LogP) is 4.46. The van der Waals surface area contributed by atoms with E-state index in [0.29, 0.717) is 5.75 Å². The number of phenols is 1. The number of aromatic hydroxyl groups is 1. The molecule has 0 saturated heterocycles. The Balaban J connectivity index is 2.58. The van der Waals surface area contributed by atoms with Crippen LogP contribution in [0.5, 0.6) is 5.75 Å². The summed E-state index contributed by atoms with van der Waals surface area (Å²) in [7, 11) is 1.90. The summed E-state index contributed by atoms with van der Waals surface area (Å²) in [5.74, 6) is 1.32. The molecule has 22 heavy (non-hydrogen) atoms. The summed E-state index contributed by atoms with van der Waals surface area (Å²) in [4.78, 5) is 0. The van der Waals surface area contributed by atoms with Crippen LogP contribution in [-0.4, -0.2) is 14.9 Å². The van der Waals surface area contributed by atoms with E-state index in [-0.39, 0.29) is 10.8 Å². The van der Waals surface area contributed by atoms with Crippen LogP contribution in [-0.2, 0) is 17.9 Å². The average molecular weight is 301 g/mol. The third kappa shape index (κ3) is 3.26. The first-order valence-electron chi connectivity index (χ1n) is 7.63. The highest BCUT2D eigenvalue weighted by Crippen LogP contribution is 2.41. The van der Waals surface area contributed by atoms with Crippen molar-refractivity contribution >= 4 is 11.5 Å². The quantitative estimate of drug-likeness (QED) is 0.805. The molecule has 2 N–H and O–H groups in total. The van der Waals surface area contributed by atoms with Crippen LogP contribution in [0.2, 0.25) is 0 Å². The van der Waals surface area contributed by atoms with Gasteiger partial charge in [0, 0.05) is 29.9 Å². The van der Waals surface area contributed by atoms with E-state index in [0.717, 1.165) is 22.6 Å². The van der Waals surface area contributed by atoms with Crippen LogP contribution in [0, 0.1) is 0 Å². The molecule has 120 valence electrons. The molecular formula is C18H27N3O. The zero-order valence-corrected chi connectivity index (χ0v) is 14.7. The number of aryl methyl sites for hydroxylation is 1. The molecule has 0 unspecified atom stereocenters. The van der Waals surface area contributed by atoms with Crippen LogP contribution in [0.15, 0.2) is 24.4 Å². The molecular weight excluding hydrogens is 274 g/mol. The molecule has 0 spiro atoms. The summed E-state index contributed by atoms with van der Waals surface area (Å²) in [6, 6.07) is 5.98. The molecule has 0 aliphatic rings. The predicted molar refractivity (Wildman–Crippen MR) is 92.0 cm³/mol. The molecule has 0 atom stereocenters. The van der Waals surface area contributed by atoms with Crippen LogP contribution in [0.1, 0.15) is 52.7 Å². The highest BCUT2D eigenvalue weighted by molar-refractivity contribution is 5.64. The topological polar surface area (TPSA) is 50.1 Å². The highest BCUT2D eigenvalue weighted by atomic mass is 16.3. The second-order valence-electron chi connectivity index (χ2n) is 7.89. The minimum absolute atomic E-state index is 0.131. The fraction of sp³-hybridized carbons (Fsp3) is 0.500. The molecule has 0 aliphatic carbocycles. The Labute approximate surface area is 133 Å². The Morgan fingerprint density at radius 1 is 1.00 bits per heavy atom. The third-order valence-corrected chi connectivity index (χ3v) is 3.82. The first kappa shape index (κ1) is 16.4. The first-order chi connectivity index (χ1) is 10.00. The van der Waals surface area contributed by atoms with Crippen molar-refractivity contribution in [2.24, 2.45) is 7.05 Å². The van der Waals surface area contributed by atoms with Gasteiger partial charge in [-0.1, -0.05) is 41.5 Å². The van der Waals surface area contributed by atoms with E-state index in [4.69, 9.17) is 0 Å². The van der Waals surface area contributed by atoms with Gasteiger partial charge in [0.15, 0.2) is 0 Å². The number of aromatic nitrogens is 2. The normalized spacial score (nSPS) is 12.5. The van der Waals surface area contributed by atoms with Gasteiger partial charge < -0.3 is 10.4 Å². The largest absolute Gasteiger partial charge is 0.507 e. The zero-order valence-electron chi connectivity index (χ0n) is 14.7. The van der Waals surface area contributed by atoms with Crippen molar-refractivity contribution in [1.82, 2.24) is 9.78 Å². The lowest BCUT2D eigenvalue weighted by molar-refractivity contribution is 0.423. The minimum Gasteiger partial charge on any atom is -0.507 e. The second kappa shape index (κ2) is 5.34. The number of nitrogens with one attached hydrogen (secondary N) is 1. The highest BCUT2D eigenvalue weighted by Gasteiger charge is 2.26. The number of nitrogens with zero attached hydrogens (tertiary/aromatic N) is 2. The van der Waals surface area contributed by atoms with Gasteiger partial charge in [-0.3, -0.25) is 4.68 Å². The molecule has 4 nitrogen and oxygen atoms in total. The van der Waals surface area contributed by atoms with Gasteiger partial charge in [-0.15, -0.1) is 0 Å². The fourth-order valence-corrected chi connectivity index (χ4v) is 2.49. The molecule has 4 heteroatoms. The monoisotopic (exact) mass is 301 g/mol. The maximum atomic E-state index is 10.7. The van der Waals surface area contributed by atoms with Crippen molar-refractivity contribution in [2.75, 3.05) is 5.32 Å². The van der Waals surface area contributed by atoms with Gasteiger partial charge in [0.25, 0.3) is 0 Å². The number of benzene rings is 1.